The van der Waals surface area contributed by atoms with Gasteiger partial charge in [-0.2, -0.15) is 0 Å². The van der Waals surface area contributed by atoms with E-state index in [0.29, 0.717) is 6.54 Å². The number of carboxylic acids is 1. The number of rotatable bonds is 6. The maximum atomic E-state index is 11.7. The fourth-order valence-electron chi connectivity index (χ4n) is 2.47. The summed E-state index contributed by atoms with van der Waals surface area (Å²) in [6, 6.07) is -1.52. The molecule has 0 spiro atoms. The predicted molar refractivity (Wildman–Crippen MR) is 70.9 cm³/mol. The molecule has 0 aliphatic heterocycles. The predicted octanol–water partition coefficient (Wildman–Crippen LogP) is 1.09. The molecule has 0 aromatic rings. The highest BCUT2D eigenvalue weighted by Gasteiger charge is 2.27. The van der Waals surface area contributed by atoms with E-state index in [1.165, 1.54) is 19.3 Å². The molecule has 0 unspecified atom stereocenters. The number of nitrogens with one attached hydrogen (secondary N) is 2. The smallest absolute Gasteiger partial charge is 0.326 e. The van der Waals surface area contributed by atoms with Crippen LogP contribution in [0.1, 0.15) is 45.4 Å². The molecular weight excluding hydrogens is 248 g/mol. The molecule has 0 aromatic carbocycles. The van der Waals surface area contributed by atoms with Gasteiger partial charge in [0, 0.05) is 19.6 Å². The Bertz CT molecular complexity index is 314. The van der Waals surface area contributed by atoms with Crippen molar-refractivity contribution in [1.82, 2.24) is 10.6 Å². The van der Waals surface area contributed by atoms with Crippen LogP contribution in [-0.2, 0) is 4.79 Å². The molecule has 4 N–H and O–H groups in total. The average Bonchev–Trinajstić information content (AvgIpc) is 2.37. The molecule has 110 valence electrons. The molecule has 1 fully saturated rings. The Kier molecular flexibility index (Phi) is 6.08. The average molecular weight is 272 g/mol. The molecule has 6 nitrogen and oxygen atoms in total. The number of amides is 2. The molecule has 0 heterocycles. The normalized spacial score (nSPS) is 19.5. The highest BCUT2D eigenvalue weighted by atomic mass is 16.4. The minimum Gasteiger partial charge on any atom is -0.480 e. The van der Waals surface area contributed by atoms with Crippen LogP contribution in [0.2, 0.25) is 0 Å². The molecule has 0 aromatic heterocycles. The number of hydrogen-bond acceptors (Lipinski definition) is 3. The van der Waals surface area contributed by atoms with Gasteiger partial charge in [-0.15, -0.1) is 0 Å². The first-order valence-corrected chi connectivity index (χ1v) is 6.85. The van der Waals surface area contributed by atoms with E-state index in [9.17, 15) is 9.59 Å². The lowest BCUT2D eigenvalue weighted by Crippen LogP contribution is -2.48. The van der Waals surface area contributed by atoms with Crippen molar-refractivity contribution >= 4 is 12.0 Å². The Balaban J connectivity index is 2.35. The minimum atomic E-state index is -1.13. The highest BCUT2D eigenvalue weighted by molar-refractivity contribution is 5.82. The van der Waals surface area contributed by atoms with Crippen LogP contribution in [0, 0.1) is 5.41 Å². The van der Waals surface area contributed by atoms with Gasteiger partial charge >= 0.3 is 12.0 Å². The standard InChI is InChI=1S/C13H24N2O4/c1-13(6-3-2-4-7-13)9-14-12(19)15-10(5-8-16)11(17)18/h10,16H,2-9H2,1H3,(H,17,18)(H2,14,15,19)/t10-/m0/s1. The van der Waals surface area contributed by atoms with Crippen molar-refractivity contribution in [2.75, 3.05) is 13.2 Å². The third-order valence-electron chi connectivity index (χ3n) is 3.76. The van der Waals surface area contributed by atoms with E-state index in [1.54, 1.807) is 0 Å². The third kappa shape index (κ3) is 5.46. The number of aliphatic hydroxyl groups is 1. The van der Waals surface area contributed by atoms with Gasteiger partial charge in [-0.05, 0) is 18.3 Å². The summed E-state index contributed by atoms with van der Waals surface area (Å²) in [6.07, 6.45) is 5.81. The molecule has 1 aliphatic carbocycles. The van der Waals surface area contributed by atoms with Crippen LogP contribution in [0.5, 0.6) is 0 Å². The van der Waals surface area contributed by atoms with Gasteiger partial charge in [0.25, 0.3) is 0 Å². The highest BCUT2D eigenvalue weighted by Crippen LogP contribution is 2.34. The summed E-state index contributed by atoms with van der Waals surface area (Å²) < 4.78 is 0. The molecular formula is C13H24N2O4. The molecule has 1 atom stereocenters. The summed E-state index contributed by atoms with van der Waals surface area (Å²) in [6.45, 7) is 2.44. The van der Waals surface area contributed by atoms with Crippen molar-refractivity contribution in [2.24, 2.45) is 5.41 Å². The zero-order valence-corrected chi connectivity index (χ0v) is 11.4. The van der Waals surface area contributed by atoms with Crippen LogP contribution in [0.15, 0.2) is 0 Å². The molecule has 6 heteroatoms. The van der Waals surface area contributed by atoms with Crippen molar-refractivity contribution in [2.45, 2.75) is 51.5 Å². The summed E-state index contributed by atoms with van der Waals surface area (Å²) in [4.78, 5) is 22.5. The zero-order valence-electron chi connectivity index (χ0n) is 11.4. The first-order valence-electron chi connectivity index (χ1n) is 6.85. The molecule has 0 radical (unpaired) electrons. The van der Waals surface area contributed by atoms with Gasteiger partial charge in [0.05, 0.1) is 0 Å². The van der Waals surface area contributed by atoms with Crippen LogP contribution >= 0.6 is 0 Å². The summed E-state index contributed by atoms with van der Waals surface area (Å²) in [5.41, 5.74) is 0.116. The summed E-state index contributed by atoms with van der Waals surface area (Å²) in [5.74, 6) is -1.13. The lowest BCUT2D eigenvalue weighted by atomic mass is 9.76. The third-order valence-corrected chi connectivity index (χ3v) is 3.76. The van der Waals surface area contributed by atoms with E-state index in [2.05, 4.69) is 17.6 Å². The Morgan fingerprint density at radius 1 is 1.26 bits per heavy atom. The van der Waals surface area contributed by atoms with Crippen LogP contribution in [0.3, 0.4) is 0 Å². The van der Waals surface area contributed by atoms with Crippen molar-refractivity contribution in [3.05, 3.63) is 0 Å². The van der Waals surface area contributed by atoms with Gasteiger partial charge in [-0.25, -0.2) is 9.59 Å². The number of aliphatic hydroxyl groups excluding tert-OH is 1. The second kappa shape index (κ2) is 7.33. The summed E-state index contributed by atoms with van der Waals surface area (Å²) in [7, 11) is 0. The molecule has 2 amide bonds. The first-order chi connectivity index (χ1) is 8.97. The molecule has 1 aliphatic rings. The van der Waals surface area contributed by atoms with Crippen molar-refractivity contribution in [1.29, 1.82) is 0 Å². The Hall–Kier alpha value is -1.30. The monoisotopic (exact) mass is 272 g/mol. The van der Waals surface area contributed by atoms with Crippen LogP contribution in [0.25, 0.3) is 0 Å². The Labute approximate surface area is 113 Å². The second-order valence-electron chi connectivity index (χ2n) is 5.60. The SMILES string of the molecule is CC1(CNC(=O)N[C@@H](CCO)C(=O)O)CCCCC1. The topological polar surface area (TPSA) is 98.7 Å². The van der Waals surface area contributed by atoms with E-state index in [0.717, 1.165) is 12.8 Å². The summed E-state index contributed by atoms with van der Waals surface area (Å²) in [5, 5.41) is 22.7. The van der Waals surface area contributed by atoms with Crippen LogP contribution < -0.4 is 10.6 Å². The van der Waals surface area contributed by atoms with Crippen molar-refractivity contribution in [3.63, 3.8) is 0 Å². The van der Waals surface area contributed by atoms with E-state index in [-0.39, 0.29) is 18.4 Å². The van der Waals surface area contributed by atoms with Gasteiger partial charge < -0.3 is 20.8 Å². The maximum absolute atomic E-state index is 11.7. The Morgan fingerprint density at radius 3 is 2.42 bits per heavy atom. The quantitative estimate of drug-likeness (QED) is 0.581. The first kappa shape index (κ1) is 15.8. The lowest BCUT2D eigenvalue weighted by molar-refractivity contribution is -0.139. The molecule has 1 rings (SSSR count). The minimum absolute atomic E-state index is 0.0139. The van der Waals surface area contributed by atoms with Gasteiger partial charge in [0.15, 0.2) is 0 Å². The van der Waals surface area contributed by atoms with E-state index in [4.69, 9.17) is 10.2 Å². The largest absolute Gasteiger partial charge is 0.480 e. The number of hydrogen-bond donors (Lipinski definition) is 4. The second-order valence-corrected chi connectivity index (χ2v) is 5.60. The van der Waals surface area contributed by atoms with Gasteiger partial charge in [0.2, 0.25) is 0 Å². The Morgan fingerprint density at radius 2 is 1.89 bits per heavy atom. The molecule has 19 heavy (non-hydrogen) atoms. The summed E-state index contributed by atoms with van der Waals surface area (Å²) >= 11 is 0. The van der Waals surface area contributed by atoms with Crippen molar-refractivity contribution < 1.29 is 19.8 Å². The lowest BCUT2D eigenvalue weighted by Gasteiger charge is -2.33. The number of aliphatic carboxylic acids is 1. The zero-order chi connectivity index (χ0) is 14.3. The van der Waals surface area contributed by atoms with Crippen LogP contribution in [-0.4, -0.2) is 41.4 Å². The fraction of sp³-hybridized carbons (Fsp3) is 0.846. The van der Waals surface area contributed by atoms with Gasteiger partial charge in [-0.1, -0.05) is 26.2 Å². The van der Waals surface area contributed by atoms with E-state index in [1.807, 2.05) is 0 Å². The number of carbonyl (C=O) groups excluding carboxylic acids is 1. The van der Waals surface area contributed by atoms with Gasteiger partial charge in [-0.3, -0.25) is 0 Å². The molecule has 0 saturated heterocycles. The fourth-order valence-corrected chi connectivity index (χ4v) is 2.47. The van der Waals surface area contributed by atoms with E-state index >= 15 is 0 Å². The number of urea groups is 1. The maximum Gasteiger partial charge on any atom is 0.326 e. The van der Waals surface area contributed by atoms with Crippen LogP contribution in [0.4, 0.5) is 4.79 Å². The van der Waals surface area contributed by atoms with Crippen molar-refractivity contribution in [3.8, 4) is 0 Å². The van der Waals surface area contributed by atoms with E-state index < -0.39 is 18.0 Å². The molecule has 0 bridgehead atoms. The molecule has 1 saturated carbocycles. The number of carboxylic acid groups (broad SMARTS) is 1. The van der Waals surface area contributed by atoms with Gasteiger partial charge in [0.1, 0.15) is 6.04 Å². The number of carbonyl (C=O) groups is 2.